The van der Waals surface area contributed by atoms with E-state index in [9.17, 15) is 4.39 Å². The lowest BCUT2D eigenvalue weighted by molar-refractivity contribution is 0.318. The minimum Gasteiger partial charge on any atom is -0.411 e. The van der Waals surface area contributed by atoms with Gasteiger partial charge in [-0.3, -0.25) is 0 Å². The molecule has 0 atom stereocenters. The molecule has 0 amide bonds. The van der Waals surface area contributed by atoms with E-state index in [1.807, 2.05) is 0 Å². The third kappa shape index (κ3) is 0.897. The molecule has 3 heteroatoms. The predicted molar refractivity (Wildman–Crippen MR) is 43.0 cm³/mol. The molecule has 62 valence electrons. The maximum Gasteiger partial charge on any atom is 0.127 e. The summed E-state index contributed by atoms with van der Waals surface area (Å²) in [6, 6.07) is 4.84. The Hall–Kier alpha value is -1.38. The topological polar surface area (TPSA) is 32.6 Å². The monoisotopic (exact) mass is 165 g/mol. The van der Waals surface area contributed by atoms with Crippen LogP contribution in [0, 0.1) is 5.82 Å². The number of rotatable bonds is 0. The maximum atomic E-state index is 13.1. The summed E-state index contributed by atoms with van der Waals surface area (Å²) in [6.07, 6.45) is 1.27. The highest BCUT2D eigenvalue weighted by molar-refractivity contribution is 6.04. The van der Waals surface area contributed by atoms with Crippen LogP contribution >= 0.6 is 0 Å². The second-order valence-electron chi connectivity index (χ2n) is 2.81. The molecule has 0 fully saturated rings. The van der Waals surface area contributed by atoms with Crippen molar-refractivity contribution < 1.29 is 9.60 Å². The Bertz CT molecular complexity index is 346. The van der Waals surface area contributed by atoms with E-state index in [2.05, 4.69) is 5.16 Å². The molecule has 1 aliphatic rings. The van der Waals surface area contributed by atoms with Crippen LogP contribution in [0.15, 0.2) is 23.4 Å². The molecule has 2 nitrogen and oxygen atoms in total. The normalized spacial score (nSPS) is 18.2. The van der Waals surface area contributed by atoms with Gasteiger partial charge in [-0.05, 0) is 24.5 Å². The van der Waals surface area contributed by atoms with Gasteiger partial charge in [0.2, 0.25) is 0 Å². The molecule has 0 bridgehead atoms. The highest BCUT2D eigenvalue weighted by Gasteiger charge is 2.20. The summed E-state index contributed by atoms with van der Waals surface area (Å²) in [5.74, 6) is -0.203. The van der Waals surface area contributed by atoms with Crippen LogP contribution < -0.4 is 0 Å². The molecule has 2 rings (SSSR count). The first-order valence-corrected chi connectivity index (χ1v) is 3.81. The number of oxime groups is 1. The molecule has 0 aliphatic heterocycles. The van der Waals surface area contributed by atoms with Gasteiger partial charge in [-0.15, -0.1) is 0 Å². The Labute approximate surface area is 69.3 Å². The van der Waals surface area contributed by atoms with Crippen LogP contribution in [0.5, 0.6) is 0 Å². The van der Waals surface area contributed by atoms with Crippen LogP contribution in [0.25, 0.3) is 0 Å². The average Bonchev–Trinajstić information content (AvgIpc) is 2.49. The van der Waals surface area contributed by atoms with Crippen molar-refractivity contribution in [3.05, 3.63) is 35.1 Å². The molecule has 0 saturated carbocycles. The van der Waals surface area contributed by atoms with Gasteiger partial charge >= 0.3 is 0 Å². The van der Waals surface area contributed by atoms with E-state index in [0.29, 0.717) is 24.1 Å². The van der Waals surface area contributed by atoms with Crippen LogP contribution in [-0.4, -0.2) is 10.9 Å². The lowest BCUT2D eigenvalue weighted by Gasteiger charge is -1.98. The Morgan fingerprint density at radius 3 is 2.92 bits per heavy atom. The summed E-state index contributed by atoms with van der Waals surface area (Å²) in [7, 11) is 0. The smallest absolute Gasteiger partial charge is 0.127 e. The lowest BCUT2D eigenvalue weighted by Crippen LogP contribution is -1.94. The van der Waals surface area contributed by atoms with Gasteiger partial charge in [0, 0.05) is 5.56 Å². The van der Waals surface area contributed by atoms with E-state index < -0.39 is 0 Å². The Morgan fingerprint density at radius 2 is 2.17 bits per heavy atom. The largest absolute Gasteiger partial charge is 0.411 e. The highest BCUT2D eigenvalue weighted by Crippen LogP contribution is 2.24. The minimum absolute atomic E-state index is 0.203. The number of nitrogens with zero attached hydrogens (tertiary/aromatic N) is 1. The second kappa shape index (κ2) is 2.59. The van der Waals surface area contributed by atoms with Gasteiger partial charge < -0.3 is 5.21 Å². The zero-order chi connectivity index (χ0) is 8.55. The molecule has 0 spiro atoms. The van der Waals surface area contributed by atoms with Crippen LogP contribution in [0.4, 0.5) is 4.39 Å². The Morgan fingerprint density at radius 1 is 1.33 bits per heavy atom. The number of hydrogen-bond acceptors (Lipinski definition) is 2. The van der Waals surface area contributed by atoms with Gasteiger partial charge in [0.1, 0.15) is 5.82 Å². The van der Waals surface area contributed by atoms with Crippen LogP contribution in [-0.2, 0) is 6.42 Å². The highest BCUT2D eigenvalue weighted by atomic mass is 19.1. The zero-order valence-corrected chi connectivity index (χ0v) is 6.42. The zero-order valence-electron chi connectivity index (χ0n) is 6.42. The Balaban J connectivity index is 2.61. The molecular formula is C9H8FNO. The molecule has 12 heavy (non-hydrogen) atoms. The first-order valence-electron chi connectivity index (χ1n) is 3.81. The van der Waals surface area contributed by atoms with Gasteiger partial charge in [0.25, 0.3) is 0 Å². The molecule has 1 aromatic rings. The third-order valence-corrected chi connectivity index (χ3v) is 2.16. The number of halogens is 1. The molecular weight excluding hydrogens is 157 g/mol. The van der Waals surface area contributed by atoms with Crippen molar-refractivity contribution in [3.63, 3.8) is 0 Å². The van der Waals surface area contributed by atoms with Crippen molar-refractivity contribution >= 4 is 5.71 Å². The van der Waals surface area contributed by atoms with Crippen molar-refractivity contribution in [3.8, 4) is 0 Å². The number of benzene rings is 1. The fourth-order valence-electron chi connectivity index (χ4n) is 1.57. The summed E-state index contributed by atoms with van der Waals surface area (Å²) in [4.78, 5) is 0. The molecule has 0 heterocycles. The van der Waals surface area contributed by atoms with Gasteiger partial charge in [0.05, 0.1) is 5.71 Å². The predicted octanol–water partition coefficient (Wildman–Crippen LogP) is 1.95. The summed E-state index contributed by atoms with van der Waals surface area (Å²) < 4.78 is 13.1. The first-order chi connectivity index (χ1) is 5.83. The fourth-order valence-corrected chi connectivity index (χ4v) is 1.57. The number of hydrogen-bond donors (Lipinski definition) is 1. The molecule has 0 saturated heterocycles. The van der Waals surface area contributed by atoms with Crippen molar-refractivity contribution in [1.29, 1.82) is 0 Å². The van der Waals surface area contributed by atoms with Crippen molar-refractivity contribution in [2.75, 3.05) is 0 Å². The van der Waals surface area contributed by atoms with Crippen molar-refractivity contribution in [2.24, 2.45) is 5.16 Å². The van der Waals surface area contributed by atoms with Crippen molar-refractivity contribution in [2.45, 2.75) is 12.8 Å². The molecule has 1 aliphatic carbocycles. The summed E-state index contributed by atoms with van der Waals surface area (Å²) in [5, 5.41) is 11.7. The summed E-state index contributed by atoms with van der Waals surface area (Å²) in [5.41, 5.74) is 2.01. The second-order valence-corrected chi connectivity index (χ2v) is 2.81. The van der Waals surface area contributed by atoms with E-state index in [1.54, 1.807) is 12.1 Å². The average molecular weight is 165 g/mol. The quantitative estimate of drug-likeness (QED) is 0.462. The summed E-state index contributed by atoms with van der Waals surface area (Å²) in [6.45, 7) is 0. The maximum absolute atomic E-state index is 13.1. The molecule has 1 aromatic carbocycles. The van der Waals surface area contributed by atoms with E-state index >= 15 is 0 Å². The van der Waals surface area contributed by atoms with E-state index in [0.717, 1.165) is 5.56 Å². The first kappa shape index (κ1) is 7.28. The molecule has 1 N–H and O–H groups in total. The van der Waals surface area contributed by atoms with Crippen LogP contribution in [0.2, 0.25) is 0 Å². The standard InChI is InChI=1S/C9H8FNO/c10-8-3-1-2-7-6(8)4-5-9(7)11-12/h1-3,12H,4-5H2/b11-9+. The SMILES string of the molecule is O/N=C1\CCc2c(F)cccc21. The Kier molecular flexibility index (Phi) is 1.57. The number of fused-ring (bicyclic) bond motifs is 1. The van der Waals surface area contributed by atoms with Gasteiger partial charge in [-0.1, -0.05) is 17.3 Å². The van der Waals surface area contributed by atoms with Gasteiger partial charge in [-0.2, -0.15) is 0 Å². The van der Waals surface area contributed by atoms with E-state index in [4.69, 9.17) is 5.21 Å². The third-order valence-electron chi connectivity index (χ3n) is 2.16. The van der Waals surface area contributed by atoms with E-state index in [1.165, 1.54) is 6.07 Å². The van der Waals surface area contributed by atoms with Crippen LogP contribution in [0.1, 0.15) is 17.5 Å². The minimum atomic E-state index is -0.203. The lowest BCUT2D eigenvalue weighted by atomic mass is 10.1. The molecule has 0 aromatic heterocycles. The van der Waals surface area contributed by atoms with Crippen molar-refractivity contribution in [1.82, 2.24) is 0 Å². The molecule has 0 radical (unpaired) electrons. The van der Waals surface area contributed by atoms with E-state index in [-0.39, 0.29) is 5.82 Å². The molecule has 0 unspecified atom stereocenters. The fraction of sp³-hybridized carbons (Fsp3) is 0.222. The van der Waals surface area contributed by atoms with Crippen LogP contribution in [0.3, 0.4) is 0 Å². The van der Waals surface area contributed by atoms with Gasteiger partial charge in [0.15, 0.2) is 0 Å². The summed E-state index contributed by atoms with van der Waals surface area (Å²) >= 11 is 0. The van der Waals surface area contributed by atoms with Gasteiger partial charge in [-0.25, -0.2) is 4.39 Å².